The monoisotopic (exact) mass is 552 g/mol. The number of nitrogens with zero attached hydrogens (tertiary/aromatic N) is 2. The third-order valence-electron chi connectivity index (χ3n) is 5.72. The van der Waals surface area contributed by atoms with Crippen LogP contribution in [0.2, 0.25) is 0 Å². The van der Waals surface area contributed by atoms with E-state index in [1.54, 1.807) is 7.11 Å². The summed E-state index contributed by atoms with van der Waals surface area (Å²) in [6.07, 6.45) is 1.02. The smallest absolute Gasteiger partial charge is 0.437 e. The van der Waals surface area contributed by atoms with Crippen molar-refractivity contribution in [3.63, 3.8) is 0 Å². The number of hydrogen-bond acceptors (Lipinski definition) is 6. The highest BCUT2D eigenvalue weighted by Gasteiger charge is 2.21. The zero-order valence-corrected chi connectivity index (χ0v) is 22.0. The van der Waals surface area contributed by atoms with Crippen LogP contribution in [-0.4, -0.2) is 23.5 Å². The van der Waals surface area contributed by atoms with Gasteiger partial charge in [-0.25, -0.2) is 4.79 Å². The highest BCUT2D eigenvalue weighted by atomic mass is 79.9. The van der Waals surface area contributed by atoms with Gasteiger partial charge in [-0.3, -0.25) is 0 Å². The first kappa shape index (κ1) is 25.7. The first-order valence-corrected chi connectivity index (χ1v) is 12.6. The highest BCUT2D eigenvalue weighted by molar-refractivity contribution is 9.10. The lowest BCUT2D eigenvalue weighted by molar-refractivity contribution is 0.181. The predicted octanol–water partition coefficient (Wildman–Crippen LogP) is 5.56. The minimum absolute atomic E-state index is 0.309. The van der Waals surface area contributed by atoms with Gasteiger partial charge >= 0.3 is 5.76 Å². The summed E-state index contributed by atoms with van der Waals surface area (Å²) in [5.41, 5.74) is 4.03. The summed E-state index contributed by atoms with van der Waals surface area (Å²) in [6.45, 7) is 3.60. The average molecular weight is 553 g/mol. The number of aromatic nitrogens is 2. The Bertz CT molecular complexity index is 1320. The van der Waals surface area contributed by atoms with Crippen LogP contribution in [0.15, 0.2) is 80.4 Å². The molecule has 0 aliphatic heterocycles. The fraction of sp³-hybridized carbons (Fsp3) is 0.286. The van der Waals surface area contributed by atoms with Gasteiger partial charge in [-0.05, 0) is 44.6 Å². The molecule has 0 saturated carbocycles. The van der Waals surface area contributed by atoms with Gasteiger partial charge in [0.2, 0.25) is 5.89 Å². The van der Waals surface area contributed by atoms with E-state index in [4.69, 9.17) is 18.6 Å². The van der Waals surface area contributed by atoms with Crippen LogP contribution in [0.4, 0.5) is 0 Å². The molecule has 0 saturated heterocycles. The fourth-order valence-electron chi connectivity index (χ4n) is 3.87. The van der Waals surface area contributed by atoms with Gasteiger partial charge in [0.15, 0.2) is 0 Å². The van der Waals surface area contributed by atoms with Gasteiger partial charge in [-0.1, -0.05) is 67.6 Å². The molecule has 188 valence electrons. The summed E-state index contributed by atoms with van der Waals surface area (Å²) >= 11 is 3.75. The first-order chi connectivity index (χ1) is 17.6. The number of methoxy groups -OCH3 is 1. The van der Waals surface area contributed by atoms with Crippen LogP contribution in [0.25, 0.3) is 0 Å². The molecule has 4 rings (SSSR count). The Hall–Kier alpha value is -3.36. The summed E-state index contributed by atoms with van der Waals surface area (Å²) in [7, 11) is 1.58. The molecule has 1 aromatic heterocycles. The lowest BCUT2D eigenvalue weighted by Gasteiger charge is -2.19. The minimum atomic E-state index is -0.506. The molecule has 36 heavy (non-hydrogen) atoms. The van der Waals surface area contributed by atoms with Gasteiger partial charge in [0.05, 0.1) is 24.0 Å². The van der Waals surface area contributed by atoms with Crippen molar-refractivity contribution in [2.45, 2.75) is 39.5 Å². The van der Waals surface area contributed by atoms with Crippen molar-refractivity contribution in [1.82, 2.24) is 9.78 Å². The minimum Gasteiger partial charge on any atom is -0.488 e. The summed E-state index contributed by atoms with van der Waals surface area (Å²) in [5, 5.41) is 4.36. The normalized spacial score (nSPS) is 11.0. The molecule has 0 N–H and O–H groups in total. The maximum atomic E-state index is 12.2. The highest BCUT2D eigenvalue weighted by Crippen LogP contribution is 2.40. The lowest BCUT2D eigenvalue weighted by atomic mass is 10.0. The van der Waals surface area contributed by atoms with E-state index in [1.807, 2.05) is 66.7 Å². The molecule has 0 fully saturated rings. The van der Waals surface area contributed by atoms with Crippen molar-refractivity contribution in [2.24, 2.45) is 0 Å². The second-order valence-corrected chi connectivity index (χ2v) is 8.99. The van der Waals surface area contributed by atoms with Crippen molar-refractivity contribution in [3.05, 3.63) is 110 Å². The molecule has 4 aromatic rings. The molecule has 0 unspecified atom stereocenters. The second kappa shape index (κ2) is 12.6. The third kappa shape index (κ3) is 6.44. The Morgan fingerprint density at radius 3 is 2.11 bits per heavy atom. The molecular formula is C28H29BrN2O5. The van der Waals surface area contributed by atoms with E-state index in [9.17, 15) is 4.79 Å². The van der Waals surface area contributed by atoms with E-state index in [2.05, 4.69) is 28.0 Å². The van der Waals surface area contributed by atoms with Gasteiger partial charge < -0.3 is 18.6 Å². The maximum absolute atomic E-state index is 12.2. The molecule has 0 spiro atoms. The molecule has 0 atom stereocenters. The summed E-state index contributed by atoms with van der Waals surface area (Å²) in [4.78, 5) is 12.2. The van der Waals surface area contributed by atoms with Gasteiger partial charge in [0.25, 0.3) is 0 Å². The van der Waals surface area contributed by atoms with Crippen LogP contribution >= 0.6 is 15.9 Å². The largest absolute Gasteiger partial charge is 0.488 e. The van der Waals surface area contributed by atoms with Crippen molar-refractivity contribution in [2.75, 3.05) is 13.7 Å². The van der Waals surface area contributed by atoms with Crippen LogP contribution < -0.4 is 15.2 Å². The zero-order chi connectivity index (χ0) is 25.3. The van der Waals surface area contributed by atoms with Gasteiger partial charge in [-0.2, -0.15) is 4.68 Å². The Balaban J connectivity index is 1.68. The number of benzene rings is 3. The predicted molar refractivity (Wildman–Crippen MR) is 141 cm³/mol. The molecule has 7 nitrogen and oxygen atoms in total. The molecule has 1 heterocycles. The maximum Gasteiger partial charge on any atom is 0.437 e. The fourth-order valence-corrected chi connectivity index (χ4v) is 4.48. The number of hydrogen-bond donors (Lipinski definition) is 0. The second-order valence-electron chi connectivity index (χ2n) is 8.20. The van der Waals surface area contributed by atoms with Crippen molar-refractivity contribution < 1.29 is 18.6 Å². The topological polar surface area (TPSA) is 75.7 Å². The van der Waals surface area contributed by atoms with E-state index < -0.39 is 5.76 Å². The van der Waals surface area contributed by atoms with Crippen molar-refractivity contribution in [1.29, 1.82) is 0 Å². The molecule has 8 heteroatoms. The van der Waals surface area contributed by atoms with Crippen molar-refractivity contribution in [3.8, 4) is 11.5 Å². The number of rotatable bonds is 12. The van der Waals surface area contributed by atoms with Gasteiger partial charge in [0.1, 0.15) is 24.7 Å². The third-order valence-corrected chi connectivity index (χ3v) is 6.59. The molecule has 0 aliphatic carbocycles. The van der Waals surface area contributed by atoms with E-state index in [0.29, 0.717) is 50.8 Å². The Labute approximate surface area is 218 Å². The first-order valence-electron chi connectivity index (χ1n) is 11.8. The summed E-state index contributed by atoms with van der Waals surface area (Å²) < 4.78 is 25.1. The lowest BCUT2D eigenvalue weighted by Crippen LogP contribution is -2.18. The van der Waals surface area contributed by atoms with Gasteiger partial charge in [-0.15, -0.1) is 5.10 Å². The Morgan fingerprint density at radius 1 is 0.917 bits per heavy atom. The average Bonchev–Trinajstić information content (AvgIpc) is 3.26. The van der Waals surface area contributed by atoms with Crippen LogP contribution in [0.1, 0.15) is 35.1 Å². The molecule has 0 radical (unpaired) electrons. The quantitative estimate of drug-likeness (QED) is 0.229. The summed E-state index contributed by atoms with van der Waals surface area (Å²) in [6, 6.07) is 21.9. The SMILES string of the molecule is CCc1c(OCc2ccccc2)cc(OCc2ccccc2)c(Br)c1Cc1nn(CCOC)c(=O)o1. The molecular weight excluding hydrogens is 524 g/mol. The van der Waals surface area contributed by atoms with Crippen molar-refractivity contribution >= 4 is 15.9 Å². The number of ether oxygens (including phenoxy) is 3. The van der Waals surface area contributed by atoms with E-state index in [1.165, 1.54) is 4.68 Å². The Morgan fingerprint density at radius 2 is 1.53 bits per heavy atom. The summed E-state index contributed by atoms with van der Waals surface area (Å²) in [5.74, 6) is 1.19. The van der Waals surface area contributed by atoms with E-state index in [-0.39, 0.29) is 0 Å². The van der Waals surface area contributed by atoms with Crippen LogP contribution in [-0.2, 0) is 37.3 Å². The Kier molecular flexibility index (Phi) is 8.97. The van der Waals surface area contributed by atoms with E-state index >= 15 is 0 Å². The van der Waals surface area contributed by atoms with Crippen LogP contribution in [0, 0.1) is 0 Å². The van der Waals surface area contributed by atoms with Gasteiger partial charge in [0, 0.05) is 13.2 Å². The standard InChI is InChI=1S/C28H29BrN2O5/c1-3-22-23(16-26-30-31(14-15-33-2)28(32)36-26)27(29)25(35-19-21-12-8-5-9-13-21)17-24(22)34-18-20-10-6-4-7-11-20/h4-13,17H,3,14-16,18-19H2,1-2H3. The molecule has 3 aromatic carbocycles. The molecule has 0 amide bonds. The molecule has 0 bridgehead atoms. The number of halogens is 1. The molecule has 0 aliphatic rings. The van der Waals surface area contributed by atoms with Crippen LogP contribution in [0.5, 0.6) is 11.5 Å². The zero-order valence-electron chi connectivity index (χ0n) is 20.4. The van der Waals surface area contributed by atoms with Crippen LogP contribution in [0.3, 0.4) is 0 Å². The van der Waals surface area contributed by atoms with E-state index in [0.717, 1.165) is 32.5 Å².